The van der Waals surface area contributed by atoms with Crippen molar-refractivity contribution in [2.24, 2.45) is 0 Å². The highest BCUT2D eigenvalue weighted by Gasteiger charge is 2.18. The fourth-order valence-electron chi connectivity index (χ4n) is 1.06. The zero-order valence-electron chi connectivity index (χ0n) is 9.75. The molecule has 17 heavy (non-hydrogen) atoms. The number of aliphatic hydroxyl groups excluding tert-OH is 1. The molecule has 1 unspecified atom stereocenters. The number of rotatable bonds is 6. The number of methoxy groups -OCH3 is 1. The predicted octanol–water partition coefficient (Wildman–Crippen LogP) is -0.110. The van der Waals surface area contributed by atoms with Gasteiger partial charge in [0.25, 0.3) is 0 Å². The Morgan fingerprint density at radius 3 is 2.71 bits per heavy atom. The number of hydrogen-bond donors (Lipinski definition) is 2. The van der Waals surface area contributed by atoms with Gasteiger partial charge in [0.1, 0.15) is 0 Å². The number of aromatic nitrogens is 1. The van der Waals surface area contributed by atoms with E-state index in [1.807, 2.05) is 0 Å². The number of nitrogens with one attached hydrogen (secondary N) is 1. The average Bonchev–Trinajstić information content (AvgIpc) is 2.36. The van der Waals surface area contributed by atoms with Crippen LogP contribution >= 0.6 is 0 Å². The summed E-state index contributed by atoms with van der Waals surface area (Å²) in [6.45, 7) is 1.18. The first-order chi connectivity index (χ1) is 7.99. The summed E-state index contributed by atoms with van der Waals surface area (Å²) in [5, 5.41) is 7.96. The van der Waals surface area contributed by atoms with Crippen molar-refractivity contribution >= 4 is 10.0 Å². The van der Waals surface area contributed by atoms with Crippen LogP contribution in [-0.2, 0) is 16.6 Å². The smallest absolute Gasteiger partial charge is 0.216 e. The molecule has 0 saturated heterocycles. The molecular weight excluding hydrogens is 244 g/mol. The average molecular weight is 260 g/mol. The minimum Gasteiger partial charge on any atom is -0.481 e. The van der Waals surface area contributed by atoms with Gasteiger partial charge in [-0.2, -0.15) is 0 Å². The molecule has 0 amide bonds. The molecule has 7 heteroatoms. The lowest BCUT2D eigenvalue weighted by Crippen LogP contribution is -2.34. The summed E-state index contributed by atoms with van der Waals surface area (Å²) < 4.78 is 30.4. The third-order valence-electron chi connectivity index (χ3n) is 2.27. The van der Waals surface area contributed by atoms with E-state index in [0.717, 1.165) is 5.56 Å². The second kappa shape index (κ2) is 5.95. The Hall–Kier alpha value is -1.18. The maximum Gasteiger partial charge on any atom is 0.216 e. The zero-order chi connectivity index (χ0) is 12.9. The largest absolute Gasteiger partial charge is 0.481 e. The number of sulfonamides is 1. The molecule has 2 N–H and O–H groups in total. The van der Waals surface area contributed by atoms with E-state index in [9.17, 15) is 8.42 Å². The van der Waals surface area contributed by atoms with Crippen LogP contribution in [0.1, 0.15) is 12.5 Å². The van der Waals surface area contributed by atoms with Gasteiger partial charge < -0.3 is 9.84 Å². The van der Waals surface area contributed by atoms with Crippen LogP contribution in [0, 0.1) is 0 Å². The van der Waals surface area contributed by atoms with Crippen molar-refractivity contribution in [1.82, 2.24) is 9.71 Å². The highest BCUT2D eigenvalue weighted by Crippen LogP contribution is 2.07. The van der Waals surface area contributed by atoms with Crippen molar-refractivity contribution in [3.8, 4) is 5.88 Å². The van der Waals surface area contributed by atoms with Gasteiger partial charge in [0, 0.05) is 18.8 Å². The second-order valence-corrected chi connectivity index (χ2v) is 5.75. The predicted molar refractivity (Wildman–Crippen MR) is 63.1 cm³/mol. The maximum atomic E-state index is 11.5. The Morgan fingerprint density at radius 1 is 1.53 bits per heavy atom. The molecule has 1 rings (SSSR count). The summed E-state index contributed by atoms with van der Waals surface area (Å²) in [5.74, 6) is 0.473. The van der Waals surface area contributed by atoms with E-state index in [1.54, 1.807) is 12.1 Å². The molecule has 96 valence electrons. The third-order valence-corrected chi connectivity index (χ3v) is 4.03. The van der Waals surface area contributed by atoms with Crippen LogP contribution in [-0.4, -0.2) is 37.5 Å². The van der Waals surface area contributed by atoms with E-state index in [4.69, 9.17) is 9.84 Å². The van der Waals surface area contributed by atoms with Crippen LogP contribution in [0.4, 0.5) is 0 Å². The molecule has 0 aliphatic carbocycles. The van der Waals surface area contributed by atoms with Crippen LogP contribution in [0.15, 0.2) is 18.3 Å². The summed E-state index contributed by atoms with van der Waals surface area (Å²) in [7, 11) is -1.98. The Bertz CT molecular complexity index is 444. The Balaban J connectivity index is 2.61. The lowest BCUT2D eigenvalue weighted by molar-refractivity contribution is 0.294. The fraction of sp³-hybridized carbons (Fsp3) is 0.500. The van der Waals surface area contributed by atoms with E-state index in [-0.39, 0.29) is 6.54 Å². The van der Waals surface area contributed by atoms with Crippen LogP contribution in [0.5, 0.6) is 5.88 Å². The number of nitrogens with zero attached hydrogens (tertiary/aromatic N) is 1. The normalized spacial score (nSPS) is 13.4. The Labute approximate surface area is 101 Å². The topological polar surface area (TPSA) is 88.5 Å². The highest BCUT2D eigenvalue weighted by molar-refractivity contribution is 7.90. The van der Waals surface area contributed by atoms with Gasteiger partial charge in [-0.25, -0.2) is 18.1 Å². The van der Waals surface area contributed by atoms with Crippen LogP contribution in [0.3, 0.4) is 0 Å². The van der Waals surface area contributed by atoms with E-state index in [2.05, 4.69) is 9.71 Å². The molecule has 0 aliphatic rings. The van der Waals surface area contributed by atoms with Crippen LogP contribution in [0.2, 0.25) is 0 Å². The van der Waals surface area contributed by atoms with Crippen molar-refractivity contribution in [1.29, 1.82) is 0 Å². The van der Waals surface area contributed by atoms with Gasteiger partial charge >= 0.3 is 0 Å². The Morgan fingerprint density at radius 2 is 2.24 bits per heavy atom. The van der Waals surface area contributed by atoms with Gasteiger partial charge in [-0.15, -0.1) is 0 Å². The van der Waals surface area contributed by atoms with Gasteiger partial charge in [0.15, 0.2) is 0 Å². The number of aliphatic hydroxyl groups is 1. The lowest BCUT2D eigenvalue weighted by atomic mass is 10.3. The van der Waals surface area contributed by atoms with Gasteiger partial charge in [-0.05, 0) is 12.5 Å². The summed E-state index contributed by atoms with van der Waals surface area (Å²) >= 11 is 0. The minimum absolute atomic E-state index is 0.143. The van der Waals surface area contributed by atoms with E-state index < -0.39 is 21.9 Å². The summed E-state index contributed by atoms with van der Waals surface area (Å²) in [4.78, 5) is 3.96. The van der Waals surface area contributed by atoms with Crippen LogP contribution < -0.4 is 9.46 Å². The van der Waals surface area contributed by atoms with Gasteiger partial charge in [0.05, 0.1) is 19.0 Å². The van der Waals surface area contributed by atoms with Gasteiger partial charge in [-0.1, -0.05) is 6.07 Å². The summed E-state index contributed by atoms with van der Waals surface area (Å²) in [6.07, 6.45) is 1.53. The van der Waals surface area contributed by atoms with Crippen molar-refractivity contribution in [3.63, 3.8) is 0 Å². The first-order valence-electron chi connectivity index (χ1n) is 5.08. The molecule has 0 saturated carbocycles. The molecule has 1 heterocycles. The number of pyridine rings is 1. The molecule has 0 aromatic carbocycles. The molecular formula is C10H16N2O4S. The molecule has 1 atom stereocenters. The molecule has 1 aromatic rings. The third kappa shape index (κ3) is 3.95. The van der Waals surface area contributed by atoms with Crippen molar-refractivity contribution in [2.45, 2.75) is 18.7 Å². The van der Waals surface area contributed by atoms with Crippen molar-refractivity contribution < 1.29 is 18.3 Å². The molecule has 0 radical (unpaired) electrons. The quantitative estimate of drug-likeness (QED) is 0.745. The minimum atomic E-state index is -3.48. The van der Waals surface area contributed by atoms with E-state index in [0.29, 0.717) is 5.88 Å². The molecule has 0 fully saturated rings. The molecule has 0 bridgehead atoms. The van der Waals surface area contributed by atoms with E-state index >= 15 is 0 Å². The zero-order valence-corrected chi connectivity index (χ0v) is 10.6. The molecule has 1 aromatic heterocycles. The second-order valence-electron chi connectivity index (χ2n) is 3.57. The van der Waals surface area contributed by atoms with Crippen molar-refractivity contribution in [2.75, 3.05) is 13.7 Å². The first-order valence-corrected chi connectivity index (χ1v) is 6.62. The van der Waals surface area contributed by atoms with Crippen molar-refractivity contribution in [3.05, 3.63) is 23.9 Å². The van der Waals surface area contributed by atoms with E-state index in [1.165, 1.54) is 20.2 Å². The highest BCUT2D eigenvalue weighted by atomic mass is 32.2. The van der Waals surface area contributed by atoms with Crippen LogP contribution in [0.25, 0.3) is 0 Å². The lowest BCUT2D eigenvalue weighted by Gasteiger charge is -2.11. The number of hydrogen-bond acceptors (Lipinski definition) is 5. The SMILES string of the molecule is COc1ccc(CNS(=O)(=O)C(C)CO)cn1. The summed E-state index contributed by atoms with van der Waals surface area (Å²) in [6, 6.07) is 3.37. The molecule has 0 spiro atoms. The summed E-state index contributed by atoms with van der Waals surface area (Å²) in [5.41, 5.74) is 0.722. The molecule has 6 nitrogen and oxygen atoms in total. The maximum absolute atomic E-state index is 11.5. The van der Waals surface area contributed by atoms with Gasteiger partial charge in [0.2, 0.25) is 15.9 Å². The standard InChI is InChI=1S/C10H16N2O4S/c1-8(7-13)17(14,15)12-6-9-3-4-10(16-2)11-5-9/h3-5,8,12-13H,6-7H2,1-2H3. The molecule has 0 aliphatic heterocycles. The first kappa shape index (κ1) is 13.9. The Kier molecular flexibility index (Phi) is 4.86. The fourth-order valence-corrected chi connectivity index (χ4v) is 1.91. The number of ether oxygens (including phenoxy) is 1. The van der Waals surface area contributed by atoms with Gasteiger partial charge in [-0.3, -0.25) is 0 Å². The monoisotopic (exact) mass is 260 g/mol.